The molecule has 78 valence electrons. The van der Waals surface area contributed by atoms with Crippen molar-refractivity contribution in [1.29, 1.82) is 0 Å². The standard InChI is InChI=1S/C13H14O2/c1-2-10-6-3-4-7-11(10)13(14)12-8-5-9-15-12/h3-9,13-14H,2H2,1H3/t13-/m0/s1. The zero-order chi connectivity index (χ0) is 10.7. The van der Waals surface area contributed by atoms with Crippen molar-refractivity contribution >= 4 is 0 Å². The van der Waals surface area contributed by atoms with Gasteiger partial charge in [0.1, 0.15) is 11.9 Å². The third kappa shape index (κ3) is 1.95. The second kappa shape index (κ2) is 4.32. The van der Waals surface area contributed by atoms with Crippen molar-refractivity contribution in [3.8, 4) is 0 Å². The van der Waals surface area contributed by atoms with Gasteiger partial charge < -0.3 is 9.52 Å². The molecule has 1 heterocycles. The molecule has 2 heteroatoms. The maximum absolute atomic E-state index is 10.1. The van der Waals surface area contributed by atoms with Gasteiger partial charge in [-0.2, -0.15) is 0 Å². The molecular weight excluding hydrogens is 188 g/mol. The molecule has 1 N–H and O–H groups in total. The maximum Gasteiger partial charge on any atom is 0.137 e. The second-order valence-electron chi connectivity index (χ2n) is 3.47. The van der Waals surface area contributed by atoms with Crippen molar-refractivity contribution in [2.45, 2.75) is 19.4 Å². The molecule has 0 bridgehead atoms. The van der Waals surface area contributed by atoms with Gasteiger partial charge in [0.05, 0.1) is 6.26 Å². The van der Waals surface area contributed by atoms with E-state index in [1.54, 1.807) is 18.4 Å². The molecular formula is C13H14O2. The van der Waals surface area contributed by atoms with Crippen molar-refractivity contribution in [1.82, 2.24) is 0 Å². The Bertz CT molecular complexity index is 418. The summed E-state index contributed by atoms with van der Waals surface area (Å²) in [6.45, 7) is 2.08. The van der Waals surface area contributed by atoms with Crippen LogP contribution in [0.15, 0.2) is 47.1 Å². The van der Waals surface area contributed by atoms with Gasteiger partial charge in [-0.05, 0) is 29.7 Å². The fourth-order valence-electron chi connectivity index (χ4n) is 1.72. The minimum Gasteiger partial charge on any atom is -0.466 e. The van der Waals surface area contributed by atoms with Crippen LogP contribution in [0, 0.1) is 0 Å². The highest BCUT2D eigenvalue weighted by Crippen LogP contribution is 2.25. The molecule has 0 radical (unpaired) electrons. The van der Waals surface area contributed by atoms with Crippen molar-refractivity contribution in [3.63, 3.8) is 0 Å². The van der Waals surface area contributed by atoms with Crippen LogP contribution < -0.4 is 0 Å². The fraction of sp³-hybridized carbons (Fsp3) is 0.231. The molecule has 2 nitrogen and oxygen atoms in total. The number of rotatable bonds is 3. The van der Waals surface area contributed by atoms with Crippen molar-refractivity contribution in [2.24, 2.45) is 0 Å². The summed E-state index contributed by atoms with van der Waals surface area (Å²) in [4.78, 5) is 0. The van der Waals surface area contributed by atoms with E-state index in [1.165, 1.54) is 0 Å². The number of benzene rings is 1. The molecule has 0 aliphatic rings. The molecule has 0 amide bonds. The van der Waals surface area contributed by atoms with Gasteiger partial charge in [-0.15, -0.1) is 0 Å². The smallest absolute Gasteiger partial charge is 0.137 e. The van der Waals surface area contributed by atoms with Crippen molar-refractivity contribution in [2.75, 3.05) is 0 Å². The average molecular weight is 202 g/mol. The summed E-state index contributed by atoms with van der Waals surface area (Å²) in [5.74, 6) is 0.593. The van der Waals surface area contributed by atoms with Gasteiger partial charge in [-0.25, -0.2) is 0 Å². The van der Waals surface area contributed by atoms with E-state index in [-0.39, 0.29) is 0 Å². The predicted octanol–water partition coefficient (Wildman–Crippen LogP) is 2.92. The number of hydrogen-bond donors (Lipinski definition) is 1. The molecule has 2 rings (SSSR count). The number of hydrogen-bond acceptors (Lipinski definition) is 2. The maximum atomic E-state index is 10.1. The number of furan rings is 1. The number of aryl methyl sites for hydroxylation is 1. The van der Waals surface area contributed by atoms with Gasteiger partial charge in [0, 0.05) is 0 Å². The lowest BCUT2D eigenvalue weighted by molar-refractivity contribution is 0.188. The lowest BCUT2D eigenvalue weighted by Crippen LogP contribution is -2.01. The highest BCUT2D eigenvalue weighted by Gasteiger charge is 2.15. The normalized spacial score (nSPS) is 12.7. The quantitative estimate of drug-likeness (QED) is 0.830. The first-order valence-electron chi connectivity index (χ1n) is 5.12. The zero-order valence-electron chi connectivity index (χ0n) is 8.68. The average Bonchev–Trinajstić information content (AvgIpc) is 2.81. The Kier molecular flexibility index (Phi) is 2.88. The Hall–Kier alpha value is -1.54. The van der Waals surface area contributed by atoms with Crippen LogP contribution in [0.1, 0.15) is 29.9 Å². The first-order chi connectivity index (χ1) is 7.33. The third-order valence-corrected chi connectivity index (χ3v) is 2.54. The van der Waals surface area contributed by atoms with Crippen LogP contribution in [0.3, 0.4) is 0 Å². The van der Waals surface area contributed by atoms with E-state index >= 15 is 0 Å². The van der Waals surface area contributed by atoms with Crippen LogP contribution in [0.5, 0.6) is 0 Å². The molecule has 1 atom stereocenters. The number of aliphatic hydroxyl groups excluding tert-OH is 1. The highest BCUT2D eigenvalue weighted by molar-refractivity contribution is 5.32. The molecule has 15 heavy (non-hydrogen) atoms. The van der Waals surface area contributed by atoms with Gasteiger partial charge in [-0.3, -0.25) is 0 Å². The van der Waals surface area contributed by atoms with Gasteiger partial charge in [0.25, 0.3) is 0 Å². The second-order valence-corrected chi connectivity index (χ2v) is 3.47. The lowest BCUT2D eigenvalue weighted by Gasteiger charge is -2.12. The summed E-state index contributed by atoms with van der Waals surface area (Å²) in [6.07, 6.45) is 1.83. The highest BCUT2D eigenvalue weighted by atomic mass is 16.4. The first-order valence-corrected chi connectivity index (χ1v) is 5.12. The topological polar surface area (TPSA) is 33.4 Å². The lowest BCUT2D eigenvalue weighted by atomic mass is 9.99. The van der Waals surface area contributed by atoms with Gasteiger partial charge >= 0.3 is 0 Å². The van der Waals surface area contributed by atoms with Crippen molar-refractivity contribution in [3.05, 3.63) is 59.5 Å². The van der Waals surface area contributed by atoms with Crippen LogP contribution in [0.2, 0.25) is 0 Å². The molecule has 0 fully saturated rings. The Morgan fingerprint density at radius 1 is 1.20 bits per heavy atom. The van der Waals surface area contributed by atoms with E-state index in [2.05, 4.69) is 6.92 Å². The van der Waals surface area contributed by atoms with Crippen molar-refractivity contribution < 1.29 is 9.52 Å². The van der Waals surface area contributed by atoms with E-state index < -0.39 is 6.10 Å². The first kappa shape index (κ1) is 9.99. The molecule has 0 saturated carbocycles. The summed E-state index contributed by atoms with van der Waals surface area (Å²) in [7, 11) is 0. The Labute approximate surface area is 89.2 Å². The molecule has 0 aliphatic heterocycles. The van der Waals surface area contributed by atoms with Gasteiger partial charge in [-0.1, -0.05) is 31.2 Å². The largest absolute Gasteiger partial charge is 0.466 e. The molecule has 2 aromatic rings. The van der Waals surface area contributed by atoms with E-state index in [4.69, 9.17) is 4.42 Å². The monoisotopic (exact) mass is 202 g/mol. The summed E-state index contributed by atoms with van der Waals surface area (Å²) in [5, 5.41) is 10.1. The van der Waals surface area contributed by atoms with Gasteiger partial charge in [0.15, 0.2) is 0 Å². The molecule has 1 aromatic carbocycles. The third-order valence-electron chi connectivity index (χ3n) is 2.54. The Morgan fingerprint density at radius 2 is 2.00 bits per heavy atom. The molecule has 0 aliphatic carbocycles. The SMILES string of the molecule is CCc1ccccc1[C@H](O)c1ccco1. The summed E-state index contributed by atoms with van der Waals surface area (Å²) in [5.41, 5.74) is 2.08. The fourth-order valence-corrected chi connectivity index (χ4v) is 1.72. The van der Waals surface area contributed by atoms with E-state index in [0.29, 0.717) is 5.76 Å². The molecule has 0 saturated heterocycles. The minimum absolute atomic E-state index is 0.593. The van der Waals surface area contributed by atoms with Gasteiger partial charge in [0.2, 0.25) is 0 Å². The Morgan fingerprint density at radius 3 is 2.67 bits per heavy atom. The van der Waals surface area contributed by atoms with E-state index in [9.17, 15) is 5.11 Å². The zero-order valence-corrected chi connectivity index (χ0v) is 8.68. The van der Waals surface area contributed by atoms with Crippen LogP contribution in [0.25, 0.3) is 0 Å². The summed E-state index contributed by atoms with van der Waals surface area (Å²) in [6, 6.07) is 11.5. The molecule has 0 spiro atoms. The predicted molar refractivity (Wildman–Crippen MR) is 58.6 cm³/mol. The van der Waals surface area contributed by atoms with Crippen LogP contribution in [0.4, 0.5) is 0 Å². The minimum atomic E-state index is -0.656. The van der Waals surface area contributed by atoms with Crippen LogP contribution >= 0.6 is 0 Å². The van der Waals surface area contributed by atoms with Crippen LogP contribution in [-0.2, 0) is 6.42 Å². The Balaban J connectivity index is 2.37. The molecule has 0 unspecified atom stereocenters. The van der Waals surface area contributed by atoms with Crippen LogP contribution in [-0.4, -0.2) is 5.11 Å². The summed E-state index contributed by atoms with van der Waals surface area (Å²) < 4.78 is 5.20. The van der Waals surface area contributed by atoms with E-state index in [0.717, 1.165) is 17.5 Å². The van der Waals surface area contributed by atoms with E-state index in [1.807, 2.05) is 24.3 Å². The number of aliphatic hydroxyl groups is 1. The molecule has 1 aromatic heterocycles. The summed E-state index contributed by atoms with van der Waals surface area (Å²) >= 11 is 0.